The lowest BCUT2D eigenvalue weighted by Gasteiger charge is -2.09. The SMILES string of the molecule is CCn1nc(C(=O)Nc2cccc(C)c2C)cc1C. The summed E-state index contributed by atoms with van der Waals surface area (Å²) in [6, 6.07) is 7.68. The maximum Gasteiger partial charge on any atom is 0.276 e. The number of aromatic nitrogens is 2. The van der Waals surface area contributed by atoms with Gasteiger partial charge in [-0.3, -0.25) is 9.48 Å². The first-order valence-corrected chi connectivity index (χ1v) is 6.45. The van der Waals surface area contributed by atoms with E-state index >= 15 is 0 Å². The van der Waals surface area contributed by atoms with Crippen molar-refractivity contribution in [2.24, 2.45) is 0 Å². The van der Waals surface area contributed by atoms with Gasteiger partial charge >= 0.3 is 0 Å². The lowest BCUT2D eigenvalue weighted by molar-refractivity contribution is 0.102. The van der Waals surface area contributed by atoms with Crippen LogP contribution in [0.5, 0.6) is 0 Å². The molecule has 0 bridgehead atoms. The van der Waals surface area contributed by atoms with Crippen LogP contribution in [0.3, 0.4) is 0 Å². The highest BCUT2D eigenvalue weighted by atomic mass is 16.1. The number of aryl methyl sites for hydroxylation is 3. The Balaban J connectivity index is 2.23. The second-order valence-electron chi connectivity index (χ2n) is 4.69. The molecule has 0 saturated carbocycles. The third kappa shape index (κ3) is 2.67. The Bertz CT molecular complexity index is 614. The molecular formula is C15H19N3O. The Labute approximate surface area is 113 Å². The number of benzene rings is 1. The summed E-state index contributed by atoms with van der Waals surface area (Å²) in [4.78, 5) is 12.2. The standard InChI is InChI=1S/C15H19N3O/c1-5-18-11(3)9-14(17-18)15(19)16-13-8-6-7-10(2)12(13)4/h6-9H,5H2,1-4H3,(H,16,19). The molecule has 0 spiro atoms. The molecule has 1 heterocycles. The first-order valence-electron chi connectivity index (χ1n) is 6.45. The van der Waals surface area contributed by atoms with Crippen molar-refractivity contribution in [2.45, 2.75) is 34.2 Å². The van der Waals surface area contributed by atoms with Gasteiger partial charge in [-0.15, -0.1) is 0 Å². The third-order valence-electron chi connectivity index (χ3n) is 3.37. The number of nitrogens with one attached hydrogen (secondary N) is 1. The first-order chi connectivity index (χ1) is 9.02. The number of amides is 1. The smallest absolute Gasteiger partial charge is 0.276 e. The van der Waals surface area contributed by atoms with Gasteiger partial charge < -0.3 is 5.32 Å². The summed E-state index contributed by atoms with van der Waals surface area (Å²) in [5.74, 6) is -0.163. The van der Waals surface area contributed by atoms with Crippen LogP contribution in [0.1, 0.15) is 34.2 Å². The van der Waals surface area contributed by atoms with Crippen molar-refractivity contribution in [3.8, 4) is 0 Å². The first kappa shape index (κ1) is 13.3. The van der Waals surface area contributed by atoms with Crippen molar-refractivity contribution in [1.29, 1.82) is 0 Å². The van der Waals surface area contributed by atoms with E-state index in [1.54, 1.807) is 0 Å². The van der Waals surface area contributed by atoms with Crippen LogP contribution in [0.2, 0.25) is 0 Å². The molecule has 1 aromatic carbocycles. The minimum Gasteiger partial charge on any atom is -0.320 e. The van der Waals surface area contributed by atoms with Crippen LogP contribution in [0, 0.1) is 20.8 Å². The second-order valence-corrected chi connectivity index (χ2v) is 4.69. The van der Waals surface area contributed by atoms with E-state index in [9.17, 15) is 4.79 Å². The Kier molecular flexibility index (Phi) is 3.69. The van der Waals surface area contributed by atoms with E-state index in [1.807, 2.05) is 56.6 Å². The molecule has 2 rings (SSSR count). The Hall–Kier alpha value is -2.10. The highest BCUT2D eigenvalue weighted by Crippen LogP contribution is 2.18. The summed E-state index contributed by atoms with van der Waals surface area (Å²) in [6.07, 6.45) is 0. The minimum atomic E-state index is -0.163. The molecular weight excluding hydrogens is 238 g/mol. The molecule has 0 aliphatic heterocycles. The molecule has 2 aromatic rings. The number of rotatable bonds is 3. The predicted molar refractivity (Wildman–Crippen MR) is 76.5 cm³/mol. The number of anilines is 1. The number of carbonyl (C=O) groups excluding carboxylic acids is 1. The molecule has 1 N–H and O–H groups in total. The molecule has 19 heavy (non-hydrogen) atoms. The molecule has 0 unspecified atom stereocenters. The van der Waals surface area contributed by atoms with Crippen molar-refractivity contribution in [2.75, 3.05) is 5.32 Å². The van der Waals surface area contributed by atoms with Gasteiger partial charge in [-0.25, -0.2) is 0 Å². The third-order valence-corrected chi connectivity index (χ3v) is 3.37. The van der Waals surface area contributed by atoms with Crippen LogP contribution in [-0.4, -0.2) is 15.7 Å². The largest absolute Gasteiger partial charge is 0.320 e. The number of hydrogen-bond donors (Lipinski definition) is 1. The zero-order chi connectivity index (χ0) is 14.0. The molecule has 0 radical (unpaired) electrons. The normalized spacial score (nSPS) is 10.5. The van der Waals surface area contributed by atoms with Crippen LogP contribution >= 0.6 is 0 Å². The average Bonchev–Trinajstić information content (AvgIpc) is 2.76. The van der Waals surface area contributed by atoms with E-state index in [-0.39, 0.29) is 5.91 Å². The van der Waals surface area contributed by atoms with Gasteiger partial charge in [-0.2, -0.15) is 5.10 Å². The van der Waals surface area contributed by atoms with Gasteiger partial charge in [0.15, 0.2) is 5.69 Å². The van der Waals surface area contributed by atoms with Gasteiger partial charge in [-0.1, -0.05) is 12.1 Å². The number of hydrogen-bond acceptors (Lipinski definition) is 2. The fourth-order valence-electron chi connectivity index (χ4n) is 2.01. The fraction of sp³-hybridized carbons (Fsp3) is 0.333. The number of carbonyl (C=O) groups is 1. The monoisotopic (exact) mass is 257 g/mol. The van der Waals surface area contributed by atoms with Crippen molar-refractivity contribution in [1.82, 2.24) is 9.78 Å². The van der Waals surface area contributed by atoms with E-state index in [0.29, 0.717) is 5.69 Å². The van der Waals surface area contributed by atoms with Crippen molar-refractivity contribution >= 4 is 11.6 Å². The molecule has 0 saturated heterocycles. The highest BCUT2D eigenvalue weighted by Gasteiger charge is 2.13. The molecule has 1 aromatic heterocycles. The highest BCUT2D eigenvalue weighted by molar-refractivity contribution is 6.03. The maximum absolute atomic E-state index is 12.2. The molecule has 1 amide bonds. The summed E-state index contributed by atoms with van der Waals surface area (Å²) >= 11 is 0. The topological polar surface area (TPSA) is 46.9 Å². The summed E-state index contributed by atoms with van der Waals surface area (Å²) < 4.78 is 1.82. The maximum atomic E-state index is 12.2. The summed E-state index contributed by atoms with van der Waals surface area (Å²) in [6.45, 7) is 8.75. The van der Waals surface area contributed by atoms with Gasteiger partial charge in [0, 0.05) is 17.9 Å². The fourth-order valence-corrected chi connectivity index (χ4v) is 2.01. The van der Waals surface area contributed by atoms with Gasteiger partial charge in [-0.05, 0) is 51.0 Å². The predicted octanol–water partition coefficient (Wildman–Crippen LogP) is 3.08. The average molecular weight is 257 g/mol. The molecule has 4 heteroatoms. The zero-order valence-electron chi connectivity index (χ0n) is 11.8. The zero-order valence-corrected chi connectivity index (χ0v) is 11.8. The quantitative estimate of drug-likeness (QED) is 0.918. The Morgan fingerprint density at radius 3 is 2.68 bits per heavy atom. The second kappa shape index (κ2) is 5.26. The van der Waals surface area contributed by atoms with Crippen LogP contribution in [0.4, 0.5) is 5.69 Å². The molecule has 0 aliphatic rings. The molecule has 0 fully saturated rings. The van der Waals surface area contributed by atoms with Gasteiger partial charge in [0.1, 0.15) is 0 Å². The molecule has 4 nitrogen and oxygen atoms in total. The number of nitrogens with zero attached hydrogens (tertiary/aromatic N) is 2. The van der Waals surface area contributed by atoms with E-state index in [4.69, 9.17) is 0 Å². The van der Waals surface area contributed by atoms with E-state index in [0.717, 1.165) is 29.1 Å². The van der Waals surface area contributed by atoms with Crippen LogP contribution in [0.15, 0.2) is 24.3 Å². The molecule has 0 atom stereocenters. The van der Waals surface area contributed by atoms with Crippen molar-refractivity contribution in [3.05, 3.63) is 46.8 Å². The summed E-state index contributed by atoms with van der Waals surface area (Å²) in [5, 5.41) is 7.20. The van der Waals surface area contributed by atoms with E-state index in [1.165, 1.54) is 0 Å². The lowest BCUT2D eigenvalue weighted by atomic mass is 10.1. The van der Waals surface area contributed by atoms with Crippen LogP contribution < -0.4 is 5.32 Å². The molecule has 100 valence electrons. The van der Waals surface area contributed by atoms with E-state index < -0.39 is 0 Å². The van der Waals surface area contributed by atoms with Crippen molar-refractivity contribution in [3.63, 3.8) is 0 Å². The Morgan fingerprint density at radius 2 is 2.05 bits per heavy atom. The van der Waals surface area contributed by atoms with Crippen LogP contribution in [-0.2, 0) is 6.54 Å². The van der Waals surface area contributed by atoms with Crippen molar-refractivity contribution < 1.29 is 4.79 Å². The molecule has 0 aliphatic carbocycles. The van der Waals surface area contributed by atoms with Gasteiger partial charge in [0.2, 0.25) is 0 Å². The van der Waals surface area contributed by atoms with Gasteiger partial charge in [0.25, 0.3) is 5.91 Å². The van der Waals surface area contributed by atoms with Crippen LogP contribution in [0.25, 0.3) is 0 Å². The lowest BCUT2D eigenvalue weighted by Crippen LogP contribution is -2.14. The summed E-state index contributed by atoms with van der Waals surface area (Å²) in [7, 11) is 0. The minimum absolute atomic E-state index is 0.163. The Morgan fingerprint density at radius 1 is 1.32 bits per heavy atom. The van der Waals surface area contributed by atoms with E-state index in [2.05, 4.69) is 10.4 Å². The van der Waals surface area contributed by atoms with Gasteiger partial charge in [0.05, 0.1) is 0 Å². The summed E-state index contributed by atoms with van der Waals surface area (Å²) in [5.41, 5.74) is 4.54.